The van der Waals surface area contributed by atoms with Crippen molar-refractivity contribution < 1.29 is 36.5 Å². The molecular formula is BiFeInPbZn. The average Bonchev–Trinajstić information content (AvgIpc) is 0. The quantitative estimate of drug-likeness (QED) is 0.291. The second kappa shape index (κ2) is 24.9. The van der Waals surface area contributed by atoms with Crippen molar-refractivity contribution in [3.63, 3.8) is 0 Å². The molecule has 0 aromatic heterocycles. The molecule has 0 N–H and O–H groups in total. The second-order valence-electron chi connectivity index (χ2n) is 0. The molecule has 0 saturated carbocycles. The first-order valence-corrected chi connectivity index (χ1v) is 0. The third kappa shape index (κ3) is 18.2. The monoisotopic (exact) mass is 652 g/mol. The first kappa shape index (κ1) is 37.0. The minimum atomic E-state index is 0. The Balaban J connectivity index is 0. The maximum atomic E-state index is 0. The third-order valence-corrected chi connectivity index (χ3v) is 0. The van der Waals surface area contributed by atoms with Crippen LogP contribution in [0.2, 0.25) is 0 Å². The molecule has 0 unspecified atom stereocenters. The largest absolute Gasteiger partial charge is 0 e. The first-order valence-electron chi connectivity index (χ1n) is 0. The summed E-state index contributed by atoms with van der Waals surface area (Å²) in [6.07, 6.45) is 0. The van der Waals surface area contributed by atoms with Crippen LogP contribution in [-0.2, 0) is 36.5 Å². The summed E-state index contributed by atoms with van der Waals surface area (Å²) in [5.41, 5.74) is 0. The van der Waals surface area contributed by atoms with Gasteiger partial charge in [0.1, 0.15) is 0 Å². The molecule has 0 amide bonds. The molecule has 10 radical (unpaired) electrons. The molecular weight excluding hydrogens is 652 g/mol. The molecule has 0 bridgehead atoms. The zero-order valence-corrected chi connectivity index (χ0v) is 17.3. The van der Waals surface area contributed by atoms with Gasteiger partial charge in [-0.25, -0.2) is 0 Å². The molecule has 0 rings (SSSR count). The zero-order chi connectivity index (χ0) is 0. The summed E-state index contributed by atoms with van der Waals surface area (Å²) in [7, 11) is 0. The topological polar surface area (TPSA) is 0 Å². The van der Waals surface area contributed by atoms with Gasteiger partial charge in [-0.2, -0.15) is 0 Å². The van der Waals surface area contributed by atoms with E-state index in [4.69, 9.17) is 0 Å². The van der Waals surface area contributed by atoms with Crippen molar-refractivity contribution in [2.45, 2.75) is 0 Å². The van der Waals surface area contributed by atoms with Crippen molar-refractivity contribution in [2.75, 3.05) is 0 Å². The summed E-state index contributed by atoms with van der Waals surface area (Å²) in [6, 6.07) is 0. The Bertz CT molecular complexity index is 11.6. The Morgan fingerprint density at radius 1 is 1.00 bits per heavy atom. The summed E-state index contributed by atoms with van der Waals surface area (Å²) in [5.74, 6) is 0. The minimum Gasteiger partial charge on any atom is 0 e. The molecule has 0 aliphatic carbocycles. The van der Waals surface area contributed by atoms with E-state index in [2.05, 4.69) is 0 Å². The van der Waals surface area contributed by atoms with Crippen LogP contribution < -0.4 is 0 Å². The second-order valence-corrected chi connectivity index (χ2v) is 0. The van der Waals surface area contributed by atoms with Gasteiger partial charge >= 0.3 is 0 Å². The predicted octanol–water partition coefficient (Wildman–Crippen LogP) is -1.15. The van der Waals surface area contributed by atoms with Crippen LogP contribution in [0.5, 0.6) is 0 Å². The van der Waals surface area contributed by atoms with Gasteiger partial charge in [-0.3, -0.25) is 0 Å². The van der Waals surface area contributed by atoms with E-state index in [9.17, 15) is 0 Å². The van der Waals surface area contributed by atoms with E-state index < -0.39 is 0 Å². The van der Waals surface area contributed by atoms with Gasteiger partial charge in [0, 0.05) is 116 Å². The standard InChI is InChI=1S/Bi.Fe.In.Pb.Zn. The molecule has 0 aliphatic heterocycles. The van der Waals surface area contributed by atoms with Crippen molar-refractivity contribution in [3.05, 3.63) is 0 Å². The van der Waals surface area contributed by atoms with Gasteiger partial charge in [0.2, 0.25) is 0 Å². The van der Waals surface area contributed by atoms with Crippen LogP contribution in [0.15, 0.2) is 0 Å². The van der Waals surface area contributed by atoms with Gasteiger partial charge < -0.3 is 0 Å². The minimum absolute atomic E-state index is 0. The summed E-state index contributed by atoms with van der Waals surface area (Å²) in [5, 5.41) is 0. The Morgan fingerprint density at radius 3 is 1.00 bits per heavy atom. The smallest absolute Gasteiger partial charge is 0 e. The van der Waals surface area contributed by atoms with E-state index in [-0.39, 0.29) is 116 Å². The van der Waals surface area contributed by atoms with E-state index in [1.165, 1.54) is 0 Å². The Kier molecular flexibility index (Phi) is 184. The van der Waals surface area contributed by atoms with Gasteiger partial charge in [-0.05, 0) is 0 Å². The molecule has 0 heterocycles. The van der Waals surface area contributed by atoms with Crippen molar-refractivity contribution >= 4 is 79.3 Å². The van der Waals surface area contributed by atoms with Crippen LogP contribution in [0.3, 0.4) is 0 Å². The van der Waals surface area contributed by atoms with Gasteiger partial charge in [0.15, 0.2) is 0 Å². The van der Waals surface area contributed by atoms with Crippen LogP contribution in [0.1, 0.15) is 0 Å². The summed E-state index contributed by atoms with van der Waals surface area (Å²) in [4.78, 5) is 0. The van der Waals surface area contributed by atoms with Crippen LogP contribution in [0, 0.1) is 0 Å². The number of hydrogen-bond acceptors (Lipinski definition) is 0. The van der Waals surface area contributed by atoms with E-state index in [1.807, 2.05) is 0 Å². The van der Waals surface area contributed by atoms with Crippen LogP contribution in [0.4, 0.5) is 0 Å². The maximum absolute atomic E-state index is 0. The molecule has 0 nitrogen and oxygen atoms in total. The van der Waals surface area contributed by atoms with Crippen LogP contribution in [-0.4, -0.2) is 79.3 Å². The maximum Gasteiger partial charge on any atom is 0 e. The Morgan fingerprint density at radius 2 is 1.00 bits per heavy atom. The molecule has 0 saturated heterocycles. The fraction of sp³-hybridized carbons (Fsp3) is 0. The van der Waals surface area contributed by atoms with E-state index in [0.717, 1.165) is 0 Å². The van der Waals surface area contributed by atoms with Gasteiger partial charge in [-0.15, -0.1) is 0 Å². The van der Waals surface area contributed by atoms with E-state index in [1.54, 1.807) is 0 Å². The number of rotatable bonds is 0. The normalized spacial score (nSPS) is 0. The van der Waals surface area contributed by atoms with Gasteiger partial charge in [0.05, 0.1) is 0 Å². The third-order valence-electron chi connectivity index (χ3n) is 0. The number of hydrogen-bond donors (Lipinski definition) is 0. The summed E-state index contributed by atoms with van der Waals surface area (Å²) < 4.78 is 0. The fourth-order valence-electron chi connectivity index (χ4n) is 0. The molecule has 0 fully saturated rings. The molecule has 0 aromatic carbocycles. The predicted molar refractivity (Wildman–Crippen MR) is 17.3 cm³/mol. The molecule has 22 valence electrons. The van der Waals surface area contributed by atoms with E-state index >= 15 is 0 Å². The zero-order valence-electron chi connectivity index (χ0n) is 2.59. The fourth-order valence-corrected chi connectivity index (χ4v) is 0. The van der Waals surface area contributed by atoms with Crippen LogP contribution in [0.25, 0.3) is 0 Å². The molecule has 5 heavy (non-hydrogen) atoms. The van der Waals surface area contributed by atoms with Crippen molar-refractivity contribution in [1.82, 2.24) is 0 Å². The average molecular weight is 652 g/mol. The molecule has 5 heteroatoms. The SMILES string of the molecule is [Bi].[Fe].[In].[Pb].[Zn]. The van der Waals surface area contributed by atoms with Gasteiger partial charge in [0.25, 0.3) is 0 Å². The van der Waals surface area contributed by atoms with Crippen LogP contribution >= 0.6 is 0 Å². The Labute approximate surface area is 113 Å². The molecule has 0 atom stereocenters. The van der Waals surface area contributed by atoms with Crippen molar-refractivity contribution in [1.29, 1.82) is 0 Å². The van der Waals surface area contributed by atoms with Crippen molar-refractivity contribution in [3.8, 4) is 0 Å². The van der Waals surface area contributed by atoms with Gasteiger partial charge in [-0.1, -0.05) is 0 Å². The molecule has 0 aromatic rings. The first-order chi connectivity index (χ1) is 0. The van der Waals surface area contributed by atoms with Crippen molar-refractivity contribution in [2.24, 2.45) is 0 Å². The summed E-state index contributed by atoms with van der Waals surface area (Å²) >= 11 is 0. The van der Waals surface area contributed by atoms with E-state index in [0.29, 0.717) is 0 Å². The summed E-state index contributed by atoms with van der Waals surface area (Å²) in [6.45, 7) is 0. The molecule has 0 aliphatic rings. The molecule has 0 spiro atoms. The Hall–Kier alpha value is 3.82.